The summed E-state index contributed by atoms with van der Waals surface area (Å²) in [6.07, 6.45) is 0.944. The monoisotopic (exact) mass is 293 g/mol. The summed E-state index contributed by atoms with van der Waals surface area (Å²) >= 11 is 0. The smallest absolute Gasteiger partial charge is 0.314 e. The van der Waals surface area contributed by atoms with Gasteiger partial charge in [-0.15, -0.1) is 0 Å². The van der Waals surface area contributed by atoms with E-state index in [9.17, 15) is 4.79 Å². The standard InChI is InChI=1S/C16H27N3O2/c1-13-6-7-15(14(2)12-13)21-11-9-18-16(20)17-8-5-10-19(3)4/h6-7,12H,5,8-11H2,1-4H3,(H2,17,18,20). The zero-order valence-corrected chi connectivity index (χ0v) is 13.5. The molecule has 0 bridgehead atoms. The zero-order chi connectivity index (χ0) is 15.7. The van der Waals surface area contributed by atoms with Gasteiger partial charge < -0.3 is 20.3 Å². The molecule has 0 heterocycles. The molecule has 0 aliphatic rings. The van der Waals surface area contributed by atoms with Crippen LogP contribution in [0.2, 0.25) is 0 Å². The Morgan fingerprint density at radius 3 is 2.57 bits per heavy atom. The number of hydrogen-bond acceptors (Lipinski definition) is 3. The van der Waals surface area contributed by atoms with E-state index in [0.29, 0.717) is 19.7 Å². The highest BCUT2D eigenvalue weighted by Gasteiger charge is 2.01. The molecular weight excluding hydrogens is 266 g/mol. The summed E-state index contributed by atoms with van der Waals surface area (Å²) in [5.74, 6) is 0.869. The van der Waals surface area contributed by atoms with Gasteiger partial charge in [0.2, 0.25) is 0 Å². The van der Waals surface area contributed by atoms with E-state index in [4.69, 9.17) is 4.74 Å². The van der Waals surface area contributed by atoms with Gasteiger partial charge in [-0.25, -0.2) is 4.79 Å². The van der Waals surface area contributed by atoms with E-state index < -0.39 is 0 Å². The summed E-state index contributed by atoms with van der Waals surface area (Å²) in [5.41, 5.74) is 2.33. The molecule has 2 N–H and O–H groups in total. The van der Waals surface area contributed by atoms with Crippen molar-refractivity contribution in [1.29, 1.82) is 0 Å². The Hall–Kier alpha value is -1.75. The topological polar surface area (TPSA) is 53.6 Å². The number of urea groups is 1. The summed E-state index contributed by atoms with van der Waals surface area (Å²) < 4.78 is 5.65. The van der Waals surface area contributed by atoms with E-state index in [2.05, 4.69) is 28.5 Å². The fourth-order valence-corrected chi connectivity index (χ4v) is 1.95. The molecule has 0 saturated heterocycles. The highest BCUT2D eigenvalue weighted by atomic mass is 16.5. The van der Waals surface area contributed by atoms with Crippen LogP contribution < -0.4 is 15.4 Å². The van der Waals surface area contributed by atoms with Crippen molar-refractivity contribution >= 4 is 6.03 Å². The Morgan fingerprint density at radius 1 is 1.19 bits per heavy atom. The normalized spacial score (nSPS) is 10.5. The van der Waals surface area contributed by atoms with Gasteiger partial charge in [0.05, 0.1) is 6.54 Å². The Morgan fingerprint density at radius 2 is 1.90 bits per heavy atom. The number of rotatable bonds is 8. The number of benzene rings is 1. The van der Waals surface area contributed by atoms with Crippen molar-refractivity contribution in [3.63, 3.8) is 0 Å². The number of carbonyl (C=O) groups is 1. The maximum atomic E-state index is 11.5. The SMILES string of the molecule is Cc1ccc(OCCNC(=O)NCCCN(C)C)c(C)c1. The molecule has 0 radical (unpaired) electrons. The van der Waals surface area contributed by atoms with E-state index in [1.807, 2.05) is 33.2 Å². The lowest BCUT2D eigenvalue weighted by Gasteiger charge is -2.12. The Bertz CT molecular complexity index is 447. The first-order chi connectivity index (χ1) is 9.99. The minimum absolute atomic E-state index is 0.141. The molecule has 0 aliphatic carbocycles. The summed E-state index contributed by atoms with van der Waals surface area (Å²) in [6, 6.07) is 5.93. The molecule has 5 heteroatoms. The largest absolute Gasteiger partial charge is 0.491 e. The number of ether oxygens (including phenoxy) is 1. The van der Waals surface area contributed by atoms with Crippen molar-refractivity contribution in [2.75, 3.05) is 40.3 Å². The molecule has 2 amide bonds. The molecule has 0 unspecified atom stereocenters. The highest BCUT2D eigenvalue weighted by molar-refractivity contribution is 5.73. The Kier molecular flexibility index (Phi) is 7.61. The number of carbonyl (C=O) groups excluding carboxylic acids is 1. The van der Waals surface area contributed by atoms with Crippen LogP contribution in [0.4, 0.5) is 4.79 Å². The highest BCUT2D eigenvalue weighted by Crippen LogP contribution is 2.18. The Labute approximate surface area is 127 Å². The third-order valence-corrected chi connectivity index (χ3v) is 3.04. The predicted octanol–water partition coefficient (Wildman–Crippen LogP) is 1.93. The molecular formula is C16H27N3O2. The van der Waals surface area contributed by atoms with Crippen LogP contribution in [0.15, 0.2) is 18.2 Å². The predicted molar refractivity (Wildman–Crippen MR) is 86.0 cm³/mol. The number of nitrogens with zero attached hydrogens (tertiary/aromatic N) is 1. The summed E-state index contributed by atoms with van der Waals surface area (Å²) in [6.45, 7) is 6.69. The molecule has 0 aromatic heterocycles. The summed E-state index contributed by atoms with van der Waals surface area (Å²) in [5, 5.41) is 5.61. The van der Waals surface area contributed by atoms with E-state index in [1.54, 1.807) is 0 Å². The minimum atomic E-state index is -0.141. The second kappa shape index (κ2) is 9.23. The van der Waals surface area contributed by atoms with Crippen LogP contribution in [0.25, 0.3) is 0 Å². The van der Waals surface area contributed by atoms with Crippen molar-refractivity contribution < 1.29 is 9.53 Å². The van der Waals surface area contributed by atoms with Crippen LogP contribution in [0.3, 0.4) is 0 Å². The third-order valence-electron chi connectivity index (χ3n) is 3.04. The average Bonchev–Trinajstić information content (AvgIpc) is 2.41. The summed E-state index contributed by atoms with van der Waals surface area (Å²) in [4.78, 5) is 13.6. The molecule has 0 atom stereocenters. The fourth-order valence-electron chi connectivity index (χ4n) is 1.95. The van der Waals surface area contributed by atoms with Gasteiger partial charge in [0.25, 0.3) is 0 Å². The molecule has 0 fully saturated rings. The molecule has 1 aromatic rings. The van der Waals surface area contributed by atoms with Gasteiger partial charge in [-0.05, 0) is 52.5 Å². The number of hydrogen-bond donors (Lipinski definition) is 2. The zero-order valence-electron chi connectivity index (χ0n) is 13.5. The van der Waals surface area contributed by atoms with Crippen LogP contribution in [-0.4, -0.2) is 51.3 Å². The first kappa shape index (κ1) is 17.3. The second-order valence-electron chi connectivity index (χ2n) is 5.46. The van der Waals surface area contributed by atoms with Gasteiger partial charge in [0.15, 0.2) is 0 Å². The molecule has 118 valence electrons. The van der Waals surface area contributed by atoms with Gasteiger partial charge in [0.1, 0.15) is 12.4 Å². The van der Waals surface area contributed by atoms with E-state index in [-0.39, 0.29) is 6.03 Å². The van der Waals surface area contributed by atoms with Crippen molar-refractivity contribution in [1.82, 2.24) is 15.5 Å². The van der Waals surface area contributed by atoms with Crippen molar-refractivity contribution in [3.8, 4) is 5.75 Å². The lowest BCUT2D eigenvalue weighted by atomic mass is 10.1. The molecule has 1 rings (SSSR count). The first-order valence-corrected chi connectivity index (χ1v) is 7.35. The van der Waals surface area contributed by atoms with E-state index >= 15 is 0 Å². The van der Waals surface area contributed by atoms with Crippen LogP contribution in [0.5, 0.6) is 5.75 Å². The molecule has 0 spiro atoms. The average molecular weight is 293 g/mol. The molecule has 1 aromatic carbocycles. The van der Waals surface area contributed by atoms with Crippen molar-refractivity contribution in [2.45, 2.75) is 20.3 Å². The first-order valence-electron chi connectivity index (χ1n) is 7.35. The number of amides is 2. The van der Waals surface area contributed by atoms with Crippen molar-refractivity contribution in [2.24, 2.45) is 0 Å². The lowest BCUT2D eigenvalue weighted by molar-refractivity contribution is 0.235. The van der Waals surface area contributed by atoms with Gasteiger partial charge in [-0.3, -0.25) is 0 Å². The van der Waals surface area contributed by atoms with Crippen LogP contribution in [-0.2, 0) is 0 Å². The van der Waals surface area contributed by atoms with Crippen LogP contribution in [0.1, 0.15) is 17.5 Å². The molecule has 0 aliphatic heterocycles. The number of aryl methyl sites for hydroxylation is 2. The molecule has 5 nitrogen and oxygen atoms in total. The van der Waals surface area contributed by atoms with Gasteiger partial charge in [0, 0.05) is 6.54 Å². The Balaban J connectivity index is 2.12. The molecule has 21 heavy (non-hydrogen) atoms. The quantitative estimate of drug-likeness (QED) is 0.720. The lowest BCUT2D eigenvalue weighted by Crippen LogP contribution is -2.38. The third kappa shape index (κ3) is 7.56. The molecule has 0 saturated carbocycles. The van der Waals surface area contributed by atoms with E-state index in [1.165, 1.54) is 5.56 Å². The second-order valence-corrected chi connectivity index (χ2v) is 5.46. The van der Waals surface area contributed by atoms with Crippen LogP contribution in [0, 0.1) is 13.8 Å². The maximum Gasteiger partial charge on any atom is 0.314 e. The van der Waals surface area contributed by atoms with Crippen LogP contribution >= 0.6 is 0 Å². The van der Waals surface area contributed by atoms with Crippen molar-refractivity contribution in [3.05, 3.63) is 29.3 Å². The number of nitrogens with one attached hydrogen (secondary N) is 2. The van der Waals surface area contributed by atoms with Gasteiger partial charge >= 0.3 is 6.03 Å². The van der Waals surface area contributed by atoms with E-state index in [0.717, 1.165) is 24.3 Å². The fraction of sp³-hybridized carbons (Fsp3) is 0.562. The van der Waals surface area contributed by atoms with Gasteiger partial charge in [-0.1, -0.05) is 17.7 Å². The minimum Gasteiger partial charge on any atom is -0.491 e. The maximum absolute atomic E-state index is 11.5. The summed E-state index contributed by atoms with van der Waals surface area (Å²) in [7, 11) is 4.04. The van der Waals surface area contributed by atoms with Gasteiger partial charge in [-0.2, -0.15) is 0 Å².